The summed E-state index contributed by atoms with van der Waals surface area (Å²) in [7, 11) is 1.65. The number of likely N-dealkylation sites (N-methyl/N-ethyl adjacent to an activating group) is 1. The lowest BCUT2D eigenvalue weighted by Gasteiger charge is -2.16. The molecule has 3 aromatic heterocycles. The van der Waals surface area contributed by atoms with Crippen molar-refractivity contribution < 1.29 is 14.4 Å². The molecule has 0 spiro atoms. The molecular formula is C18H17N5O3S. The molecule has 4 rings (SSSR count). The van der Waals surface area contributed by atoms with Crippen molar-refractivity contribution in [1.82, 2.24) is 25.0 Å². The second kappa shape index (κ2) is 6.75. The summed E-state index contributed by atoms with van der Waals surface area (Å²) >= 11 is 1.45. The molecule has 0 radical (unpaired) electrons. The van der Waals surface area contributed by atoms with Crippen LogP contribution >= 0.6 is 11.8 Å². The molecule has 1 N–H and O–H groups in total. The van der Waals surface area contributed by atoms with Gasteiger partial charge in [-0.3, -0.25) is 4.79 Å². The van der Waals surface area contributed by atoms with E-state index in [1.54, 1.807) is 31.4 Å². The molecule has 0 bridgehead atoms. The standard InChI is InChI=1S/C18H17N5O3S/c1-23-9-7-18(25,16(23)24)15-10-14(26-22-15)13-5-3-4-11(20-13)12-6-8-19-17(21-12)27-2/h3-6,8,10,25H,7,9H2,1-2H3/t18-/m1/s1. The van der Waals surface area contributed by atoms with Crippen molar-refractivity contribution in [3.8, 4) is 22.8 Å². The minimum absolute atomic E-state index is 0.200. The molecule has 8 nitrogen and oxygen atoms in total. The van der Waals surface area contributed by atoms with Gasteiger partial charge in [0.05, 0.1) is 11.4 Å². The number of aromatic nitrogens is 4. The lowest BCUT2D eigenvalue weighted by molar-refractivity contribution is -0.143. The van der Waals surface area contributed by atoms with Gasteiger partial charge in [-0.1, -0.05) is 23.0 Å². The van der Waals surface area contributed by atoms with Gasteiger partial charge in [-0.05, 0) is 24.5 Å². The van der Waals surface area contributed by atoms with E-state index in [2.05, 4.69) is 20.1 Å². The van der Waals surface area contributed by atoms with Crippen molar-refractivity contribution in [2.75, 3.05) is 19.8 Å². The molecule has 1 aliphatic heterocycles. The quantitative estimate of drug-likeness (QED) is 0.538. The molecule has 0 unspecified atom stereocenters. The summed E-state index contributed by atoms with van der Waals surface area (Å²) < 4.78 is 5.37. The third kappa shape index (κ3) is 3.08. The first-order chi connectivity index (χ1) is 13.0. The average Bonchev–Trinajstić information content (AvgIpc) is 3.31. The van der Waals surface area contributed by atoms with Crippen LogP contribution in [0.25, 0.3) is 22.8 Å². The van der Waals surface area contributed by atoms with Crippen molar-refractivity contribution in [2.24, 2.45) is 0 Å². The van der Waals surface area contributed by atoms with Crippen LogP contribution in [0.5, 0.6) is 0 Å². The molecular weight excluding hydrogens is 366 g/mol. The van der Waals surface area contributed by atoms with Crippen LogP contribution in [0.3, 0.4) is 0 Å². The van der Waals surface area contributed by atoms with Crippen molar-refractivity contribution in [2.45, 2.75) is 17.2 Å². The maximum Gasteiger partial charge on any atom is 0.260 e. The van der Waals surface area contributed by atoms with Gasteiger partial charge in [0.2, 0.25) is 0 Å². The lowest BCUT2D eigenvalue weighted by atomic mass is 9.97. The zero-order valence-corrected chi connectivity index (χ0v) is 15.6. The highest BCUT2D eigenvalue weighted by Crippen LogP contribution is 2.34. The van der Waals surface area contributed by atoms with Crippen LogP contribution in [0, 0.1) is 0 Å². The van der Waals surface area contributed by atoms with E-state index < -0.39 is 5.60 Å². The first kappa shape index (κ1) is 17.6. The number of aliphatic hydroxyl groups is 1. The van der Waals surface area contributed by atoms with Gasteiger partial charge >= 0.3 is 0 Å². The highest BCUT2D eigenvalue weighted by atomic mass is 32.2. The Labute approximate surface area is 159 Å². The van der Waals surface area contributed by atoms with Crippen molar-refractivity contribution in [3.63, 3.8) is 0 Å². The van der Waals surface area contributed by atoms with Gasteiger partial charge in [0, 0.05) is 32.3 Å². The van der Waals surface area contributed by atoms with Gasteiger partial charge in [-0.25, -0.2) is 15.0 Å². The average molecular weight is 383 g/mol. The zero-order chi connectivity index (χ0) is 19.0. The molecule has 0 aromatic carbocycles. The monoisotopic (exact) mass is 383 g/mol. The van der Waals surface area contributed by atoms with Crippen molar-refractivity contribution in [1.29, 1.82) is 0 Å². The number of amides is 1. The smallest absolute Gasteiger partial charge is 0.260 e. The fourth-order valence-electron chi connectivity index (χ4n) is 2.98. The maximum atomic E-state index is 12.2. The molecule has 3 aromatic rings. The number of carbonyl (C=O) groups excluding carboxylic acids is 1. The predicted molar refractivity (Wildman–Crippen MR) is 98.7 cm³/mol. The predicted octanol–water partition coefficient (Wildman–Crippen LogP) is 1.97. The summed E-state index contributed by atoms with van der Waals surface area (Å²) in [5.41, 5.74) is 0.456. The molecule has 0 aliphatic carbocycles. The first-order valence-corrected chi connectivity index (χ1v) is 9.54. The Kier molecular flexibility index (Phi) is 4.40. The Balaban J connectivity index is 1.67. The Bertz CT molecular complexity index is 1010. The first-order valence-electron chi connectivity index (χ1n) is 8.31. The third-order valence-corrected chi connectivity index (χ3v) is 5.09. The molecule has 0 saturated carbocycles. The lowest BCUT2D eigenvalue weighted by Crippen LogP contribution is -2.36. The maximum absolute atomic E-state index is 12.2. The minimum Gasteiger partial charge on any atom is -0.374 e. The molecule has 1 atom stereocenters. The second-order valence-electron chi connectivity index (χ2n) is 6.25. The normalized spacial score (nSPS) is 19.7. The van der Waals surface area contributed by atoms with Gasteiger partial charge in [-0.2, -0.15) is 0 Å². The van der Waals surface area contributed by atoms with E-state index in [0.717, 1.165) is 0 Å². The van der Waals surface area contributed by atoms with Crippen LogP contribution in [-0.4, -0.2) is 55.9 Å². The van der Waals surface area contributed by atoms with Gasteiger partial charge < -0.3 is 14.5 Å². The highest BCUT2D eigenvalue weighted by Gasteiger charge is 2.47. The number of likely N-dealkylation sites (tertiary alicyclic amines) is 1. The molecule has 1 amide bonds. The fourth-order valence-corrected chi connectivity index (χ4v) is 3.33. The molecule has 9 heteroatoms. The minimum atomic E-state index is -1.64. The SMILES string of the molecule is CSc1nccc(-c2cccc(-c3cc([C@]4(O)CCN(C)C4=O)no3)n2)n1. The summed E-state index contributed by atoms with van der Waals surface area (Å²) in [5, 5.41) is 15.3. The summed E-state index contributed by atoms with van der Waals surface area (Å²) in [6.07, 6.45) is 3.87. The number of hydrogen-bond acceptors (Lipinski definition) is 8. The number of pyridine rings is 1. The fraction of sp³-hybridized carbons (Fsp3) is 0.278. The molecule has 138 valence electrons. The van der Waals surface area contributed by atoms with Gasteiger partial charge in [0.1, 0.15) is 11.4 Å². The molecule has 4 heterocycles. The van der Waals surface area contributed by atoms with Crippen LogP contribution in [0.2, 0.25) is 0 Å². The third-order valence-electron chi connectivity index (χ3n) is 4.52. The van der Waals surface area contributed by atoms with Crippen molar-refractivity contribution >= 4 is 17.7 Å². The van der Waals surface area contributed by atoms with E-state index in [1.807, 2.05) is 18.4 Å². The second-order valence-corrected chi connectivity index (χ2v) is 7.02. The summed E-state index contributed by atoms with van der Waals surface area (Å²) in [4.78, 5) is 26.9. The Morgan fingerprint density at radius 2 is 2.00 bits per heavy atom. The highest BCUT2D eigenvalue weighted by molar-refractivity contribution is 7.98. The molecule has 1 fully saturated rings. The molecule has 1 saturated heterocycles. The largest absolute Gasteiger partial charge is 0.374 e. The topological polar surface area (TPSA) is 105 Å². The van der Waals surface area contributed by atoms with Gasteiger partial charge in [0.25, 0.3) is 5.91 Å². The number of thioether (sulfide) groups is 1. The van der Waals surface area contributed by atoms with E-state index in [0.29, 0.717) is 34.5 Å². The Hall–Kier alpha value is -2.78. The van der Waals surface area contributed by atoms with E-state index in [4.69, 9.17) is 4.52 Å². The van der Waals surface area contributed by atoms with Crippen LogP contribution in [-0.2, 0) is 10.4 Å². The summed E-state index contributed by atoms with van der Waals surface area (Å²) in [6, 6.07) is 8.81. The van der Waals surface area contributed by atoms with Crippen LogP contribution in [0.15, 0.2) is 46.2 Å². The van der Waals surface area contributed by atoms with Crippen molar-refractivity contribution in [3.05, 3.63) is 42.2 Å². The van der Waals surface area contributed by atoms with Crippen LogP contribution in [0.1, 0.15) is 12.1 Å². The Morgan fingerprint density at radius 1 is 1.22 bits per heavy atom. The zero-order valence-electron chi connectivity index (χ0n) is 14.8. The van der Waals surface area contributed by atoms with Gasteiger partial charge in [0.15, 0.2) is 16.5 Å². The number of carbonyl (C=O) groups is 1. The summed E-state index contributed by atoms with van der Waals surface area (Å²) in [6.45, 7) is 0.469. The van der Waals surface area contributed by atoms with E-state index >= 15 is 0 Å². The number of rotatable bonds is 4. The number of nitrogens with zero attached hydrogens (tertiary/aromatic N) is 5. The molecule has 1 aliphatic rings. The number of hydrogen-bond donors (Lipinski definition) is 1. The van der Waals surface area contributed by atoms with Crippen LogP contribution in [0.4, 0.5) is 0 Å². The van der Waals surface area contributed by atoms with E-state index in [9.17, 15) is 9.90 Å². The van der Waals surface area contributed by atoms with E-state index in [1.165, 1.54) is 16.7 Å². The molecule has 27 heavy (non-hydrogen) atoms. The van der Waals surface area contributed by atoms with Gasteiger partial charge in [-0.15, -0.1) is 0 Å². The Morgan fingerprint density at radius 3 is 2.74 bits per heavy atom. The van der Waals surface area contributed by atoms with E-state index in [-0.39, 0.29) is 18.0 Å². The summed E-state index contributed by atoms with van der Waals surface area (Å²) in [5.74, 6) is -0.00332. The van der Waals surface area contributed by atoms with Crippen LogP contribution < -0.4 is 0 Å².